The molecule has 0 atom stereocenters. The average Bonchev–Trinajstić information content (AvgIpc) is 2.65. The number of aryl methyl sites for hydroxylation is 1. The lowest BCUT2D eigenvalue weighted by Crippen LogP contribution is -2.41. The van der Waals surface area contributed by atoms with E-state index in [4.69, 9.17) is 9.84 Å². The van der Waals surface area contributed by atoms with Crippen LogP contribution in [-0.2, 0) is 0 Å². The van der Waals surface area contributed by atoms with E-state index in [0.717, 1.165) is 16.2 Å². The van der Waals surface area contributed by atoms with E-state index < -0.39 is 11.8 Å². The Morgan fingerprint density at radius 1 is 0.885 bits per heavy atom. The predicted molar refractivity (Wildman–Crippen MR) is 97.7 cm³/mol. The Bertz CT molecular complexity index is 1020. The van der Waals surface area contributed by atoms with Crippen LogP contribution >= 0.6 is 0 Å². The first kappa shape index (κ1) is 16.3. The quantitative estimate of drug-likeness (QED) is 0.733. The van der Waals surface area contributed by atoms with Crippen LogP contribution in [0.4, 0.5) is 0 Å². The minimum atomic E-state index is -0.393. The third kappa shape index (κ3) is 2.45. The van der Waals surface area contributed by atoms with Gasteiger partial charge in [0.15, 0.2) is 0 Å². The van der Waals surface area contributed by atoms with Gasteiger partial charge in [-0.25, -0.2) is 0 Å². The Morgan fingerprint density at radius 2 is 1.62 bits per heavy atom. The molecule has 2 amide bonds. The van der Waals surface area contributed by atoms with E-state index in [2.05, 4.69) is 0 Å². The topological polar surface area (TPSA) is 66.8 Å². The third-order valence-electron chi connectivity index (χ3n) is 4.59. The SMILES string of the molecule is Cc1ccccc1Oc1ccc2c3c(cccc13)C(=O)N(CCO)C2=O. The largest absolute Gasteiger partial charge is 0.456 e. The molecule has 3 aromatic rings. The van der Waals surface area contributed by atoms with Crippen LogP contribution in [0.3, 0.4) is 0 Å². The highest BCUT2D eigenvalue weighted by Gasteiger charge is 2.33. The van der Waals surface area contributed by atoms with E-state index >= 15 is 0 Å². The van der Waals surface area contributed by atoms with Crippen molar-refractivity contribution in [3.8, 4) is 11.5 Å². The van der Waals surface area contributed by atoms with E-state index in [1.807, 2.05) is 37.3 Å². The molecular formula is C21H17NO4. The Kier molecular flexibility index (Phi) is 3.93. The fourth-order valence-corrected chi connectivity index (χ4v) is 3.30. The number of nitrogens with zero attached hydrogens (tertiary/aromatic N) is 1. The van der Waals surface area contributed by atoms with Crippen LogP contribution in [0, 0.1) is 6.92 Å². The van der Waals surface area contributed by atoms with E-state index in [-0.39, 0.29) is 13.2 Å². The number of aliphatic hydroxyl groups excluding tert-OH is 1. The molecule has 3 aromatic carbocycles. The van der Waals surface area contributed by atoms with Gasteiger partial charge in [-0.05, 0) is 36.8 Å². The molecule has 0 radical (unpaired) electrons. The highest BCUT2D eigenvalue weighted by atomic mass is 16.5. The van der Waals surface area contributed by atoms with Gasteiger partial charge >= 0.3 is 0 Å². The fourth-order valence-electron chi connectivity index (χ4n) is 3.30. The summed E-state index contributed by atoms with van der Waals surface area (Å²) >= 11 is 0. The third-order valence-corrected chi connectivity index (χ3v) is 4.59. The van der Waals surface area contributed by atoms with Crippen molar-refractivity contribution < 1.29 is 19.4 Å². The molecule has 26 heavy (non-hydrogen) atoms. The molecule has 5 nitrogen and oxygen atoms in total. The first-order valence-corrected chi connectivity index (χ1v) is 8.38. The monoisotopic (exact) mass is 347 g/mol. The molecule has 0 aromatic heterocycles. The van der Waals surface area contributed by atoms with E-state index in [9.17, 15) is 9.59 Å². The molecule has 1 aliphatic rings. The molecule has 1 N–H and O–H groups in total. The van der Waals surface area contributed by atoms with Crippen molar-refractivity contribution in [2.24, 2.45) is 0 Å². The van der Waals surface area contributed by atoms with Gasteiger partial charge in [-0.1, -0.05) is 30.3 Å². The van der Waals surface area contributed by atoms with Gasteiger partial charge in [0.25, 0.3) is 11.8 Å². The zero-order chi connectivity index (χ0) is 18.3. The summed E-state index contributed by atoms with van der Waals surface area (Å²) in [5.74, 6) is 0.532. The number of carbonyl (C=O) groups is 2. The number of imide groups is 1. The van der Waals surface area contributed by atoms with Crippen LogP contribution in [0.1, 0.15) is 26.3 Å². The summed E-state index contributed by atoms with van der Waals surface area (Å²) in [5.41, 5.74) is 1.89. The summed E-state index contributed by atoms with van der Waals surface area (Å²) < 4.78 is 6.07. The molecule has 0 spiro atoms. The van der Waals surface area contributed by atoms with Gasteiger partial charge in [0.1, 0.15) is 11.5 Å². The van der Waals surface area contributed by atoms with Gasteiger partial charge in [-0.2, -0.15) is 0 Å². The molecule has 0 unspecified atom stereocenters. The highest BCUT2D eigenvalue weighted by Crippen LogP contribution is 2.37. The zero-order valence-electron chi connectivity index (χ0n) is 14.2. The average molecular weight is 347 g/mol. The number of aliphatic hydroxyl groups is 1. The van der Waals surface area contributed by atoms with Crippen LogP contribution in [0.5, 0.6) is 11.5 Å². The Balaban J connectivity index is 1.89. The molecule has 0 saturated heterocycles. The fraction of sp³-hybridized carbons (Fsp3) is 0.143. The maximum Gasteiger partial charge on any atom is 0.261 e. The summed E-state index contributed by atoms with van der Waals surface area (Å²) in [5, 5.41) is 10.5. The number of para-hydroxylation sites is 1. The molecule has 130 valence electrons. The van der Waals surface area contributed by atoms with Gasteiger partial charge < -0.3 is 9.84 Å². The molecular weight excluding hydrogens is 330 g/mol. The summed E-state index contributed by atoms with van der Waals surface area (Å²) in [6, 6.07) is 16.4. The van der Waals surface area contributed by atoms with Crippen LogP contribution < -0.4 is 4.74 Å². The number of hydrogen-bond donors (Lipinski definition) is 1. The number of carbonyl (C=O) groups excluding carboxylic acids is 2. The van der Waals surface area contributed by atoms with Crippen molar-refractivity contribution >= 4 is 22.6 Å². The Labute approximate surface area is 150 Å². The van der Waals surface area contributed by atoms with Crippen LogP contribution in [0.2, 0.25) is 0 Å². The molecule has 0 bridgehead atoms. The van der Waals surface area contributed by atoms with Crippen molar-refractivity contribution in [1.82, 2.24) is 4.90 Å². The Hall–Kier alpha value is -3.18. The number of rotatable bonds is 4. The smallest absolute Gasteiger partial charge is 0.261 e. The first-order chi connectivity index (χ1) is 12.6. The maximum atomic E-state index is 12.7. The van der Waals surface area contributed by atoms with Gasteiger partial charge in [0.2, 0.25) is 0 Å². The molecule has 1 heterocycles. The van der Waals surface area contributed by atoms with Gasteiger partial charge in [-0.3, -0.25) is 14.5 Å². The number of ether oxygens (including phenoxy) is 1. The number of β-amino-alcohol motifs (C(OH)–C–C–N with tert-alkyl or cyclic N) is 1. The second-order valence-electron chi connectivity index (χ2n) is 6.19. The molecule has 0 saturated carbocycles. The summed E-state index contributed by atoms with van der Waals surface area (Å²) in [6.45, 7) is 1.67. The van der Waals surface area contributed by atoms with Crippen molar-refractivity contribution in [2.75, 3.05) is 13.2 Å². The van der Waals surface area contributed by atoms with E-state index in [1.165, 1.54) is 0 Å². The molecule has 1 aliphatic heterocycles. The summed E-state index contributed by atoms with van der Waals surface area (Å²) in [7, 11) is 0. The highest BCUT2D eigenvalue weighted by molar-refractivity contribution is 6.26. The van der Waals surface area contributed by atoms with E-state index in [1.54, 1.807) is 24.3 Å². The summed E-state index contributed by atoms with van der Waals surface area (Å²) in [4.78, 5) is 26.4. The van der Waals surface area contributed by atoms with Crippen molar-refractivity contribution in [2.45, 2.75) is 6.92 Å². The number of hydrogen-bond acceptors (Lipinski definition) is 4. The summed E-state index contributed by atoms with van der Waals surface area (Å²) in [6.07, 6.45) is 0. The molecule has 5 heteroatoms. The molecule has 0 fully saturated rings. The van der Waals surface area contributed by atoms with E-state index in [0.29, 0.717) is 27.6 Å². The predicted octanol–water partition coefficient (Wildman–Crippen LogP) is 3.53. The maximum absolute atomic E-state index is 12.7. The van der Waals surface area contributed by atoms with Gasteiger partial charge in [-0.15, -0.1) is 0 Å². The minimum Gasteiger partial charge on any atom is -0.456 e. The van der Waals surface area contributed by atoms with Crippen molar-refractivity contribution in [1.29, 1.82) is 0 Å². The Morgan fingerprint density at radius 3 is 2.35 bits per heavy atom. The lowest BCUT2D eigenvalue weighted by Gasteiger charge is -2.27. The lowest BCUT2D eigenvalue weighted by atomic mass is 9.93. The number of benzene rings is 3. The van der Waals surface area contributed by atoms with Crippen molar-refractivity contribution in [3.05, 3.63) is 71.3 Å². The van der Waals surface area contributed by atoms with Crippen LogP contribution in [0.15, 0.2) is 54.6 Å². The number of amides is 2. The van der Waals surface area contributed by atoms with Gasteiger partial charge in [0.05, 0.1) is 13.2 Å². The second kappa shape index (κ2) is 6.28. The van der Waals surface area contributed by atoms with Crippen molar-refractivity contribution in [3.63, 3.8) is 0 Å². The minimum absolute atomic E-state index is 0.0189. The second-order valence-corrected chi connectivity index (χ2v) is 6.19. The molecule has 4 rings (SSSR count). The lowest BCUT2D eigenvalue weighted by molar-refractivity contribution is 0.0580. The molecule has 0 aliphatic carbocycles. The first-order valence-electron chi connectivity index (χ1n) is 8.38. The van der Waals surface area contributed by atoms with Gasteiger partial charge in [0, 0.05) is 21.9 Å². The normalized spacial score (nSPS) is 13.4. The van der Waals surface area contributed by atoms with Crippen LogP contribution in [-0.4, -0.2) is 35.0 Å². The zero-order valence-corrected chi connectivity index (χ0v) is 14.2. The standard InChI is InChI=1S/C21H17NO4/c1-13-5-2-3-8-17(13)26-18-10-9-16-19-14(18)6-4-7-15(19)20(24)22(11-12-23)21(16)25/h2-10,23H,11-12H2,1H3. The van der Waals surface area contributed by atoms with Crippen LogP contribution in [0.25, 0.3) is 10.8 Å².